The first-order chi connectivity index (χ1) is 8.74. The first kappa shape index (κ1) is 11.3. The van der Waals surface area contributed by atoms with E-state index in [0.717, 1.165) is 13.0 Å². The number of nitrogen functional groups attached to an aromatic ring is 1. The van der Waals surface area contributed by atoms with Gasteiger partial charge in [-0.05, 0) is 31.5 Å². The zero-order chi connectivity index (χ0) is 12.5. The molecule has 0 saturated carbocycles. The molecule has 0 radical (unpaired) electrons. The Morgan fingerprint density at radius 3 is 3.06 bits per heavy atom. The van der Waals surface area contributed by atoms with Crippen molar-refractivity contribution in [2.24, 2.45) is 0 Å². The van der Waals surface area contributed by atoms with Crippen LogP contribution < -0.4 is 11.1 Å². The Kier molecular flexibility index (Phi) is 2.83. The van der Waals surface area contributed by atoms with Crippen LogP contribution in [0.15, 0.2) is 18.2 Å². The summed E-state index contributed by atoms with van der Waals surface area (Å²) in [4.78, 5) is 8.56. The molecule has 1 atom stereocenters. The summed E-state index contributed by atoms with van der Waals surface area (Å²) in [6.07, 6.45) is 2.98. The molecule has 3 N–H and O–H groups in total. The maximum atomic E-state index is 13.7. The van der Waals surface area contributed by atoms with E-state index in [9.17, 15) is 4.39 Å². The minimum absolute atomic E-state index is 0.318. The molecule has 1 aliphatic heterocycles. The predicted molar refractivity (Wildman–Crippen MR) is 68.6 cm³/mol. The van der Waals surface area contributed by atoms with Crippen molar-refractivity contribution in [3.63, 3.8) is 0 Å². The highest BCUT2D eigenvalue weighted by molar-refractivity contribution is 5.88. The highest BCUT2D eigenvalue weighted by Crippen LogP contribution is 2.21. The lowest BCUT2D eigenvalue weighted by Gasteiger charge is -2.10. The van der Waals surface area contributed by atoms with E-state index in [1.807, 2.05) is 0 Å². The van der Waals surface area contributed by atoms with Crippen LogP contribution >= 0.6 is 0 Å². The van der Waals surface area contributed by atoms with E-state index in [1.54, 1.807) is 12.1 Å². The average Bonchev–Trinajstić information content (AvgIpc) is 2.83. The van der Waals surface area contributed by atoms with Gasteiger partial charge in [-0.3, -0.25) is 0 Å². The van der Waals surface area contributed by atoms with E-state index in [-0.39, 0.29) is 5.82 Å². The smallest absolute Gasteiger partial charge is 0.149 e. The summed E-state index contributed by atoms with van der Waals surface area (Å²) >= 11 is 0. The summed E-state index contributed by atoms with van der Waals surface area (Å²) in [5.74, 6) is 0.624. The number of rotatable bonds is 2. The van der Waals surface area contributed by atoms with E-state index in [4.69, 9.17) is 5.73 Å². The van der Waals surface area contributed by atoms with Gasteiger partial charge in [0.1, 0.15) is 23.0 Å². The molecular formula is C13H15FN4. The van der Waals surface area contributed by atoms with Gasteiger partial charge in [0, 0.05) is 17.8 Å². The van der Waals surface area contributed by atoms with Gasteiger partial charge < -0.3 is 11.1 Å². The van der Waals surface area contributed by atoms with Crippen LogP contribution in [0.4, 0.5) is 10.2 Å². The number of nitrogens with zero attached hydrogens (tertiary/aromatic N) is 2. The molecule has 1 unspecified atom stereocenters. The lowest BCUT2D eigenvalue weighted by Crippen LogP contribution is -2.24. The van der Waals surface area contributed by atoms with Crippen LogP contribution in [0.5, 0.6) is 0 Å². The number of benzene rings is 1. The molecule has 0 bridgehead atoms. The Morgan fingerprint density at radius 1 is 1.39 bits per heavy atom. The minimum atomic E-state index is -0.345. The number of halogens is 1. The number of hydrogen-bond acceptors (Lipinski definition) is 4. The lowest BCUT2D eigenvalue weighted by atomic mass is 10.1. The summed E-state index contributed by atoms with van der Waals surface area (Å²) < 4.78 is 13.7. The van der Waals surface area contributed by atoms with Gasteiger partial charge in [-0.1, -0.05) is 6.07 Å². The van der Waals surface area contributed by atoms with Crippen LogP contribution in [0.2, 0.25) is 0 Å². The Hall–Kier alpha value is -1.75. The van der Waals surface area contributed by atoms with Gasteiger partial charge in [-0.15, -0.1) is 0 Å². The zero-order valence-corrected chi connectivity index (χ0v) is 9.99. The van der Waals surface area contributed by atoms with Gasteiger partial charge in [-0.2, -0.15) is 0 Å². The van der Waals surface area contributed by atoms with Crippen molar-refractivity contribution in [1.82, 2.24) is 15.3 Å². The number of para-hydroxylation sites is 1. The van der Waals surface area contributed by atoms with Crippen molar-refractivity contribution in [1.29, 1.82) is 0 Å². The predicted octanol–water partition coefficient (Wildman–Crippen LogP) is 1.65. The van der Waals surface area contributed by atoms with Crippen molar-refractivity contribution in [2.75, 3.05) is 12.3 Å². The lowest BCUT2D eigenvalue weighted by molar-refractivity contribution is 0.585. The molecule has 0 spiro atoms. The van der Waals surface area contributed by atoms with Crippen molar-refractivity contribution in [3.05, 3.63) is 29.8 Å². The van der Waals surface area contributed by atoms with E-state index in [1.165, 1.54) is 12.5 Å². The zero-order valence-electron chi connectivity index (χ0n) is 9.99. The largest absolute Gasteiger partial charge is 0.383 e. The van der Waals surface area contributed by atoms with Crippen molar-refractivity contribution >= 4 is 16.7 Å². The minimum Gasteiger partial charge on any atom is -0.383 e. The standard InChI is InChI=1S/C13H15FN4/c14-10-5-1-4-9-12(10)17-11(18-13(9)15)7-8-3-2-6-16-8/h1,4-5,8,16H,2-3,6-7H2,(H2,15,17,18). The normalized spacial score (nSPS) is 19.5. The topological polar surface area (TPSA) is 63.8 Å². The first-order valence-electron chi connectivity index (χ1n) is 6.18. The van der Waals surface area contributed by atoms with E-state index < -0.39 is 0 Å². The van der Waals surface area contributed by atoms with Gasteiger partial charge in [0.15, 0.2) is 0 Å². The van der Waals surface area contributed by atoms with Gasteiger partial charge in [0.25, 0.3) is 0 Å². The second-order valence-electron chi connectivity index (χ2n) is 4.66. The van der Waals surface area contributed by atoms with Crippen molar-refractivity contribution in [3.8, 4) is 0 Å². The fraction of sp³-hybridized carbons (Fsp3) is 0.385. The molecule has 4 nitrogen and oxygen atoms in total. The number of nitrogens with two attached hydrogens (primary N) is 1. The monoisotopic (exact) mass is 246 g/mol. The number of aromatic nitrogens is 2. The first-order valence-corrected chi connectivity index (χ1v) is 6.18. The van der Waals surface area contributed by atoms with Crippen LogP contribution in [0.1, 0.15) is 18.7 Å². The second-order valence-corrected chi connectivity index (χ2v) is 4.66. The van der Waals surface area contributed by atoms with E-state index >= 15 is 0 Å². The van der Waals surface area contributed by atoms with Crippen LogP contribution in [0, 0.1) is 5.82 Å². The van der Waals surface area contributed by atoms with Crippen LogP contribution in [0.25, 0.3) is 10.9 Å². The Bertz CT molecular complexity index is 578. The fourth-order valence-electron chi connectivity index (χ4n) is 2.43. The van der Waals surface area contributed by atoms with E-state index in [2.05, 4.69) is 15.3 Å². The molecule has 2 heterocycles. The summed E-state index contributed by atoms with van der Waals surface area (Å²) in [6.45, 7) is 1.03. The Labute approximate surface area is 104 Å². The SMILES string of the molecule is Nc1nc(CC2CCCN2)nc2c(F)cccc12. The van der Waals surface area contributed by atoms with Gasteiger partial charge >= 0.3 is 0 Å². The molecule has 0 amide bonds. The van der Waals surface area contributed by atoms with Crippen LogP contribution in [0.3, 0.4) is 0 Å². The molecule has 94 valence electrons. The molecular weight excluding hydrogens is 231 g/mol. The highest BCUT2D eigenvalue weighted by Gasteiger charge is 2.17. The quantitative estimate of drug-likeness (QED) is 0.845. The summed E-state index contributed by atoms with van der Waals surface area (Å²) in [7, 11) is 0. The third kappa shape index (κ3) is 2.01. The molecule has 1 saturated heterocycles. The van der Waals surface area contributed by atoms with Gasteiger partial charge in [0.2, 0.25) is 0 Å². The molecule has 1 aliphatic rings. The Morgan fingerprint density at radius 2 is 2.28 bits per heavy atom. The summed E-state index contributed by atoms with van der Waals surface area (Å²) in [6, 6.07) is 5.14. The summed E-state index contributed by atoms with van der Waals surface area (Å²) in [5, 5.41) is 3.95. The van der Waals surface area contributed by atoms with Gasteiger partial charge in [-0.25, -0.2) is 14.4 Å². The number of fused-ring (bicyclic) bond motifs is 1. The van der Waals surface area contributed by atoms with E-state index in [0.29, 0.717) is 35.0 Å². The van der Waals surface area contributed by atoms with Crippen molar-refractivity contribution in [2.45, 2.75) is 25.3 Å². The van der Waals surface area contributed by atoms with Crippen molar-refractivity contribution < 1.29 is 4.39 Å². The molecule has 5 heteroatoms. The second kappa shape index (κ2) is 4.49. The molecule has 1 aromatic heterocycles. The van der Waals surface area contributed by atoms with Gasteiger partial charge in [0.05, 0.1) is 0 Å². The third-order valence-corrected chi connectivity index (χ3v) is 3.34. The molecule has 1 fully saturated rings. The average molecular weight is 246 g/mol. The molecule has 3 rings (SSSR count). The van der Waals surface area contributed by atoms with Crippen LogP contribution in [-0.2, 0) is 6.42 Å². The number of nitrogens with one attached hydrogen (secondary N) is 1. The summed E-state index contributed by atoms with van der Waals surface area (Å²) in [5.41, 5.74) is 6.18. The maximum Gasteiger partial charge on any atom is 0.149 e. The highest BCUT2D eigenvalue weighted by atomic mass is 19.1. The number of anilines is 1. The third-order valence-electron chi connectivity index (χ3n) is 3.34. The Balaban J connectivity index is 2.00. The van der Waals surface area contributed by atoms with Crippen LogP contribution in [-0.4, -0.2) is 22.6 Å². The fourth-order valence-corrected chi connectivity index (χ4v) is 2.43. The number of hydrogen-bond donors (Lipinski definition) is 2. The maximum absolute atomic E-state index is 13.7. The molecule has 18 heavy (non-hydrogen) atoms. The molecule has 0 aliphatic carbocycles. The molecule has 2 aromatic rings. The molecule has 1 aromatic carbocycles.